The Kier molecular flexibility index (Phi) is 25.5. The van der Waals surface area contributed by atoms with Crippen molar-refractivity contribution in [3.63, 3.8) is 0 Å². The van der Waals surface area contributed by atoms with Gasteiger partial charge in [-0.2, -0.15) is 0 Å². The minimum atomic E-state index is -4.82. The van der Waals surface area contributed by atoms with Crippen LogP contribution in [0.15, 0.2) is 0 Å². The zero-order valence-electron chi connectivity index (χ0n) is 25.0. The second-order valence-corrected chi connectivity index (χ2v) is 10.3. The lowest BCUT2D eigenvalue weighted by molar-refractivity contribution is -0.158. The van der Waals surface area contributed by atoms with Gasteiger partial charge >= 0.3 is 19.8 Å². The first-order valence-corrected chi connectivity index (χ1v) is 15.8. The van der Waals surface area contributed by atoms with Crippen LogP contribution in [0.4, 0.5) is 0 Å². The summed E-state index contributed by atoms with van der Waals surface area (Å²) in [7, 11) is -4.82. The van der Waals surface area contributed by atoms with Gasteiger partial charge in [-0.25, -0.2) is 9.36 Å². The van der Waals surface area contributed by atoms with Gasteiger partial charge in [-0.15, -0.1) is 0 Å². The predicted octanol–water partition coefficient (Wildman–Crippen LogP) is 4.69. The molecule has 0 aliphatic heterocycles. The molecule has 0 heterocycles. The first-order chi connectivity index (χ1) is 20.8. The molecule has 0 spiro atoms. The van der Waals surface area contributed by atoms with Crippen LogP contribution in [0.1, 0.15) is 97.3 Å². The minimum absolute atomic E-state index is 0.132. The van der Waals surface area contributed by atoms with Crippen molar-refractivity contribution in [2.45, 2.75) is 103 Å². The quantitative estimate of drug-likeness (QED) is 0.0715. The van der Waals surface area contributed by atoms with E-state index in [2.05, 4.69) is 94.3 Å². The average Bonchev–Trinajstić information content (AvgIpc) is 2.97. The molecular weight excluding hydrogens is 567 g/mol. The molecule has 0 aliphatic carbocycles. The van der Waals surface area contributed by atoms with Crippen molar-refractivity contribution in [1.29, 1.82) is 0 Å². The number of hydrogen-bond acceptors (Lipinski definition) is 6. The number of phosphoric acid groups is 1. The molecule has 0 unspecified atom stereocenters. The number of carbonyl (C=O) groups is 2. The van der Waals surface area contributed by atoms with Crippen LogP contribution in [-0.2, 0) is 28.2 Å². The van der Waals surface area contributed by atoms with Gasteiger partial charge in [0.25, 0.3) is 0 Å². The zero-order chi connectivity index (χ0) is 31.9. The van der Waals surface area contributed by atoms with Crippen LogP contribution < -0.4 is 0 Å². The van der Waals surface area contributed by atoms with Crippen LogP contribution >= 0.6 is 7.82 Å². The van der Waals surface area contributed by atoms with Crippen LogP contribution in [0.2, 0.25) is 0 Å². The van der Waals surface area contributed by atoms with E-state index in [1.807, 2.05) is 0 Å². The zero-order valence-corrected chi connectivity index (χ0v) is 25.9. The van der Waals surface area contributed by atoms with Gasteiger partial charge in [0.15, 0.2) is 6.10 Å². The molecule has 0 aromatic rings. The molecule has 0 saturated heterocycles. The van der Waals surface area contributed by atoms with E-state index in [-0.39, 0.29) is 6.42 Å². The predicted molar refractivity (Wildman–Crippen MR) is 165 cm³/mol. The summed E-state index contributed by atoms with van der Waals surface area (Å²) in [6.45, 7) is 2.72. The van der Waals surface area contributed by atoms with E-state index in [0.717, 1.165) is 19.3 Å². The maximum atomic E-state index is 12.2. The standard InChI is InChI=1S/C34H39O8P/c1-3-5-7-9-11-13-15-17-19-20-22-24-26-28-33(35)40-30-32(31-41-43(37,38)39)42-34(36)29-27-25-23-21-18-16-14-12-10-8-6-4-2/h32H,4,6,8,10,12,14,16,18,21,23,25,27,29-31H2,1-2H3,(H2,37,38,39)/t32-/m1/s1. The largest absolute Gasteiger partial charge is 0.469 e. The number of ether oxygens (including phenoxy) is 2. The molecule has 9 heteroatoms. The molecule has 0 aliphatic rings. The Morgan fingerprint density at radius 1 is 0.651 bits per heavy atom. The molecular formula is C34H39O8P. The Hall–Kier alpha value is -4.03. The van der Waals surface area contributed by atoms with Crippen molar-refractivity contribution in [1.82, 2.24) is 0 Å². The molecule has 0 saturated carbocycles. The highest BCUT2D eigenvalue weighted by atomic mass is 31.2. The van der Waals surface area contributed by atoms with Crippen molar-refractivity contribution in [3.8, 4) is 82.9 Å². The molecule has 228 valence electrons. The van der Waals surface area contributed by atoms with Crippen molar-refractivity contribution in [2.75, 3.05) is 13.2 Å². The normalized spacial score (nSPS) is 9.77. The summed E-state index contributed by atoms with van der Waals surface area (Å²) >= 11 is 0. The van der Waals surface area contributed by atoms with Crippen LogP contribution in [0.25, 0.3) is 0 Å². The van der Waals surface area contributed by atoms with E-state index in [1.54, 1.807) is 6.92 Å². The lowest BCUT2D eigenvalue weighted by atomic mass is 10.0. The summed E-state index contributed by atoms with van der Waals surface area (Å²) in [5.41, 5.74) is 0. The number of carbonyl (C=O) groups excluding carboxylic acids is 2. The smallest absolute Gasteiger partial charge is 0.456 e. The number of esters is 2. The van der Waals surface area contributed by atoms with Gasteiger partial charge in [0.2, 0.25) is 0 Å². The Labute approximate surface area is 257 Å². The van der Waals surface area contributed by atoms with Crippen LogP contribution in [-0.4, -0.2) is 41.0 Å². The second-order valence-electron chi connectivity index (χ2n) is 9.01. The number of rotatable bonds is 19. The lowest BCUT2D eigenvalue weighted by Crippen LogP contribution is -2.29. The summed E-state index contributed by atoms with van der Waals surface area (Å²) in [6.07, 6.45) is 12.7. The molecule has 2 N–H and O–H groups in total. The van der Waals surface area contributed by atoms with Gasteiger partial charge in [0.1, 0.15) is 6.61 Å². The van der Waals surface area contributed by atoms with Crippen LogP contribution in [0.3, 0.4) is 0 Å². The third-order valence-corrected chi connectivity index (χ3v) is 5.82. The molecule has 0 bridgehead atoms. The molecule has 0 rings (SSSR count). The van der Waals surface area contributed by atoms with Crippen molar-refractivity contribution in [3.05, 3.63) is 0 Å². The highest BCUT2D eigenvalue weighted by Crippen LogP contribution is 2.35. The van der Waals surface area contributed by atoms with Crippen molar-refractivity contribution in [2.24, 2.45) is 0 Å². The molecule has 8 nitrogen and oxygen atoms in total. The molecule has 0 aromatic heterocycles. The van der Waals surface area contributed by atoms with Gasteiger partial charge in [0.05, 0.1) is 6.61 Å². The van der Waals surface area contributed by atoms with E-state index in [4.69, 9.17) is 19.3 Å². The third-order valence-electron chi connectivity index (χ3n) is 5.34. The SMILES string of the molecule is CC#CC#CC#CC#CC#CC#CC#CC(=O)OC[C@H](COP(=O)(O)O)OC(=O)CCCCCCCCCCCCCC. The van der Waals surface area contributed by atoms with Gasteiger partial charge in [-0.3, -0.25) is 9.32 Å². The van der Waals surface area contributed by atoms with E-state index >= 15 is 0 Å². The number of hydrogen-bond donors (Lipinski definition) is 2. The Morgan fingerprint density at radius 2 is 1.09 bits per heavy atom. The Bertz CT molecular complexity index is 1340. The van der Waals surface area contributed by atoms with Gasteiger partial charge < -0.3 is 19.3 Å². The van der Waals surface area contributed by atoms with E-state index in [9.17, 15) is 14.2 Å². The van der Waals surface area contributed by atoms with E-state index in [0.29, 0.717) is 6.42 Å². The van der Waals surface area contributed by atoms with Crippen LogP contribution in [0, 0.1) is 82.9 Å². The molecule has 0 radical (unpaired) electrons. The molecule has 0 aromatic carbocycles. The van der Waals surface area contributed by atoms with Crippen molar-refractivity contribution < 1.29 is 37.9 Å². The molecule has 1 atom stereocenters. The van der Waals surface area contributed by atoms with Gasteiger partial charge in [-0.05, 0) is 84.4 Å². The summed E-state index contributed by atoms with van der Waals surface area (Å²) in [6, 6.07) is 0. The van der Waals surface area contributed by atoms with E-state index in [1.165, 1.54) is 51.4 Å². The highest BCUT2D eigenvalue weighted by molar-refractivity contribution is 7.46. The number of phosphoric ester groups is 1. The fourth-order valence-corrected chi connectivity index (χ4v) is 3.67. The topological polar surface area (TPSA) is 119 Å². The van der Waals surface area contributed by atoms with Crippen LogP contribution in [0.5, 0.6) is 0 Å². The minimum Gasteiger partial charge on any atom is -0.456 e. The molecule has 43 heavy (non-hydrogen) atoms. The molecule has 0 amide bonds. The monoisotopic (exact) mass is 606 g/mol. The van der Waals surface area contributed by atoms with Crippen molar-refractivity contribution >= 4 is 19.8 Å². The fourth-order valence-electron chi connectivity index (χ4n) is 3.31. The number of unbranched alkanes of at least 4 members (excludes halogenated alkanes) is 11. The Balaban J connectivity index is 4.47. The van der Waals surface area contributed by atoms with E-state index < -0.39 is 39.1 Å². The first-order valence-electron chi connectivity index (χ1n) is 14.3. The first kappa shape index (κ1) is 39.0. The molecule has 0 fully saturated rings. The maximum Gasteiger partial charge on any atom is 0.469 e. The van der Waals surface area contributed by atoms with Gasteiger partial charge in [0, 0.05) is 12.3 Å². The fraction of sp³-hybridized carbons (Fsp3) is 0.529. The maximum absolute atomic E-state index is 12.2. The lowest BCUT2D eigenvalue weighted by Gasteiger charge is -2.17. The highest BCUT2D eigenvalue weighted by Gasteiger charge is 2.22. The summed E-state index contributed by atoms with van der Waals surface area (Å²) in [4.78, 5) is 42.0. The Morgan fingerprint density at radius 3 is 1.56 bits per heavy atom. The average molecular weight is 607 g/mol. The summed E-state index contributed by atoms with van der Waals surface area (Å²) in [5, 5.41) is 0. The third kappa shape index (κ3) is 30.8. The summed E-state index contributed by atoms with van der Waals surface area (Å²) in [5.74, 6) is 32.3. The second kappa shape index (κ2) is 28.1. The van der Waals surface area contributed by atoms with Gasteiger partial charge in [-0.1, -0.05) is 83.5 Å². The summed E-state index contributed by atoms with van der Waals surface area (Å²) < 4.78 is 25.6.